The molecule has 1 aromatic heterocycles. The molecule has 0 bridgehead atoms. The van der Waals surface area contributed by atoms with Gasteiger partial charge >= 0.3 is 6.18 Å². The number of rotatable bonds is 4. The van der Waals surface area contributed by atoms with Gasteiger partial charge in [0.2, 0.25) is 5.91 Å². The maximum Gasteiger partial charge on any atom is 0.411 e. The summed E-state index contributed by atoms with van der Waals surface area (Å²) in [7, 11) is 0. The second-order valence-electron chi connectivity index (χ2n) is 5.79. The molecule has 4 nitrogen and oxygen atoms in total. The van der Waals surface area contributed by atoms with Gasteiger partial charge in [0.25, 0.3) is 0 Å². The van der Waals surface area contributed by atoms with Crippen LogP contribution in [0.3, 0.4) is 0 Å². The zero-order chi connectivity index (χ0) is 17.1. The molecule has 0 radical (unpaired) electrons. The van der Waals surface area contributed by atoms with Crippen LogP contribution in [0.25, 0.3) is 6.08 Å². The fourth-order valence-corrected chi connectivity index (χ4v) is 2.71. The summed E-state index contributed by atoms with van der Waals surface area (Å²) in [5.41, 5.74) is -2.15. The van der Waals surface area contributed by atoms with E-state index in [9.17, 15) is 18.0 Å². The van der Waals surface area contributed by atoms with Crippen LogP contribution >= 0.6 is 0 Å². The first-order chi connectivity index (χ1) is 10.8. The fraction of sp³-hybridized carbons (Fsp3) is 0.562. The number of carbonyl (C=O) groups is 1. The highest BCUT2D eigenvalue weighted by Gasteiger charge is 2.56. The number of amides is 1. The highest BCUT2D eigenvalue weighted by atomic mass is 19.4. The Morgan fingerprint density at radius 3 is 2.52 bits per heavy atom. The van der Waals surface area contributed by atoms with Crippen LogP contribution in [0.1, 0.15) is 31.3 Å². The van der Waals surface area contributed by atoms with Crippen molar-refractivity contribution in [3.63, 3.8) is 0 Å². The Morgan fingerprint density at radius 2 is 2.04 bits per heavy atom. The Balaban J connectivity index is 2.06. The van der Waals surface area contributed by atoms with E-state index in [-0.39, 0.29) is 12.8 Å². The Morgan fingerprint density at radius 1 is 1.39 bits per heavy atom. The summed E-state index contributed by atoms with van der Waals surface area (Å²) in [6.07, 6.45) is -2.29. The number of halogens is 3. The van der Waals surface area contributed by atoms with Crippen LogP contribution in [0.15, 0.2) is 22.6 Å². The summed E-state index contributed by atoms with van der Waals surface area (Å²) >= 11 is 0. The van der Waals surface area contributed by atoms with E-state index in [1.54, 1.807) is 19.1 Å². The molecule has 2 heterocycles. The molecule has 0 spiro atoms. The highest BCUT2D eigenvalue weighted by molar-refractivity contribution is 5.92. The number of hydrogen-bond donors (Lipinski definition) is 1. The molecule has 0 unspecified atom stereocenters. The second-order valence-corrected chi connectivity index (χ2v) is 5.79. The van der Waals surface area contributed by atoms with Crippen molar-refractivity contribution in [2.24, 2.45) is 0 Å². The van der Waals surface area contributed by atoms with Gasteiger partial charge in [-0.15, -0.1) is 0 Å². The maximum atomic E-state index is 13.5. The van der Waals surface area contributed by atoms with Gasteiger partial charge in [-0.3, -0.25) is 4.79 Å². The highest BCUT2D eigenvalue weighted by Crippen LogP contribution is 2.38. The summed E-state index contributed by atoms with van der Waals surface area (Å²) in [6, 6.07) is 3.37. The minimum Gasteiger partial charge on any atom is -0.462 e. The molecular weight excluding hydrogens is 309 g/mol. The van der Waals surface area contributed by atoms with Gasteiger partial charge in [-0.05, 0) is 44.5 Å². The summed E-state index contributed by atoms with van der Waals surface area (Å²) in [4.78, 5) is 13.9. The first-order valence-corrected chi connectivity index (χ1v) is 7.61. The van der Waals surface area contributed by atoms with Gasteiger partial charge in [0.05, 0.1) is 0 Å². The number of nitrogens with zero attached hydrogens (tertiary/aromatic N) is 1. The van der Waals surface area contributed by atoms with Crippen molar-refractivity contribution >= 4 is 12.0 Å². The predicted molar refractivity (Wildman–Crippen MR) is 80.8 cm³/mol. The monoisotopic (exact) mass is 330 g/mol. The van der Waals surface area contributed by atoms with Crippen molar-refractivity contribution in [3.05, 3.63) is 29.7 Å². The van der Waals surface area contributed by atoms with Crippen LogP contribution in [0.2, 0.25) is 0 Å². The summed E-state index contributed by atoms with van der Waals surface area (Å²) in [5, 5.41) is 2.17. The van der Waals surface area contributed by atoms with Gasteiger partial charge in [0.15, 0.2) is 0 Å². The molecule has 1 aliphatic rings. The lowest BCUT2D eigenvalue weighted by atomic mass is 9.86. The Labute approximate surface area is 133 Å². The van der Waals surface area contributed by atoms with E-state index in [0.717, 1.165) is 6.08 Å². The zero-order valence-corrected chi connectivity index (χ0v) is 13.2. The standard InChI is InChI=1S/C16H21F3N2O2/c1-3-21-10-8-15(9-11-21,16(17,18)19)20-14(22)7-6-13-5-4-12(2)23-13/h4-7H,3,8-11H2,1-2H3,(H,20,22)/b7-6+. The lowest BCUT2D eigenvalue weighted by Gasteiger charge is -2.42. The number of furan rings is 1. The Hall–Kier alpha value is -1.76. The number of carbonyl (C=O) groups excluding carboxylic acids is 1. The van der Waals surface area contributed by atoms with Crippen LogP contribution in [0.4, 0.5) is 13.2 Å². The van der Waals surface area contributed by atoms with Crippen molar-refractivity contribution < 1.29 is 22.4 Å². The van der Waals surface area contributed by atoms with Crippen molar-refractivity contribution in [1.29, 1.82) is 0 Å². The van der Waals surface area contributed by atoms with E-state index >= 15 is 0 Å². The molecule has 7 heteroatoms. The largest absolute Gasteiger partial charge is 0.462 e. The number of nitrogens with one attached hydrogen (secondary N) is 1. The lowest BCUT2D eigenvalue weighted by Crippen LogP contribution is -2.63. The van der Waals surface area contributed by atoms with Gasteiger partial charge in [-0.1, -0.05) is 6.92 Å². The molecule has 1 fully saturated rings. The molecular formula is C16H21F3N2O2. The minimum atomic E-state index is -4.47. The van der Waals surface area contributed by atoms with E-state index in [0.29, 0.717) is 31.2 Å². The Kier molecular flexibility index (Phi) is 5.19. The molecule has 1 aliphatic heterocycles. The van der Waals surface area contributed by atoms with E-state index in [1.165, 1.54) is 6.08 Å². The molecule has 0 aromatic carbocycles. The molecule has 1 saturated heterocycles. The molecule has 1 amide bonds. The van der Waals surface area contributed by atoms with Crippen molar-refractivity contribution in [1.82, 2.24) is 10.2 Å². The number of hydrogen-bond acceptors (Lipinski definition) is 3. The van der Waals surface area contributed by atoms with Crippen molar-refractivity contribution in [2.45, 2.75) is 38.4 Å². The third-order valence-electron chi connectivity index (χ3n) is 4.22. The van der Waals surface area contributed by atoms with E-state index < -0.39 is 17.6 Å². The third-order valence-corrected chi connectivity index (χ3v) is 4.22. The number of alkyl halides is 3. The van der Waals surface area contributed by atoms with Gasteiger partial charge in [-0.2, -0.15) is 13.2 Å². The molecule has 128 valence electrons. The summed E-state index contributed by atoms with van der Waals surface area (Å²) in [6.45, 7) is 5.00. The summed E-state index contributed by atoms with van der Waals surface area (Å²) in [5.74, 6) is 0.338. The maximum absolute atomic E-state index is 13.5. The van der Waals surface area contributed by atoms with Gasteiger partial charge in [0, 0.05) is 19.2 Å². The fourth-order valence-electron chi connectivity index (χ4n) is 2.71. The SMILES string of the molecule is CCN1CCC(NC(=O)/C=C/c2ccc(C)o2)(C(F)(F)F)CC1. The topological polar surface area (TPSA) is 45.5 Å². The first-order valence-electron chi connectivity index (χ1n) is 7.61. The second kappa shape index (κ2) is 6.78. The molecule has 0 saturated carbocycles. The molecule has 0 atom stereocenters. The minimum absolute atomic E-state index is 0.135. The molecule has 1 aromatic rings. The van der Waals surface area contributed by atoms with Crippen LogP contribution < -0.4 is 5.32 Å². The first kappa shape index (κ1) is 17.6. The average molecular weight is 330 g/mol. The quantitative estimate of drug-likeness (QED) is 0.863. The van der Waals surface area contributed by atoms with Crippen LogP contribution in [0.5, 0.6) is 0 Å². The van der Waals surface area contributed by atoms with Gasteiger partial charge in [-0.25, -0.2) is 0 Å². The smallest absolute Gasteiger partial charge is 0.411 e. The van der Waals surface area contributed by atoms with Gasteiger partial charge in [0.1, 0.15) is 17.1 Å². The Bertz CT molecular complexity index is 570. The normalized spacial score (nSPS) is 19.2. The van der Waals surface area contributed by atoms with Crippen LogP contribution in [0, 0.1) is 6.92 Å². The number of likely N-dealkylation sites (tertiary alicyclic amines) is 1. The van der Waals surface area contributed by atoms with Crippen LogP contribution in [-0.2, 0) is 4.79 Å². The molecule has 2 rings (SSSR count). The van der Waals surface area contributed by atoms with Crippen LogP contribution in [-0.4, -0.2) is 42.2 Å². The zero-order valence-electron chi connectivity index (χ0n) is 13.2. The van der Waals surface area contributed by atoms with E-state index in [1.807, 2.05) is 11.8 Å². The third kappa shape index (κ3) is 4.16. The van der Waals surface area contributed by atoms with E-state index in [4.69, 9.17) is 4.42 Å². The average Bonchev–Trinajstić information content (AvgIpc) is 2.90. The van der Waals surface area contributed by atoms with Gasteiger partial charge < -0.3 is 14.6 Å². The molecule has 1 N–H and O–H groups in total. The van der Waals surface area contributed by atoms with Crippen molar-refractivity contribution in [3.8, 4) is 0 Å². The summed E-state index contributed by atoms with van der Waals surface area (Å²) < 4.78 is 45.7. The number of aryl methyl sites for hydroxylation is 1. The lowest BCUT2D eigenvalue weighted by molar-refractivity contribution is -0.208. The molecule has 23 heavy (non-hydrogen) atoms. The number of piperidine rings is 1. The predicted octanol–water partition coefficient (Wildman–Crippen LogP) is 3.13. The van der Waals surface area contributed by atoms with E-state index in [2.05, 4.69) is 5.32 Å². The van der Waals surface area contributed by atoms with Crippen molar-refractivity contribution in [2.75, 3.05) is 19.6 Å². The molecule has 0 aliphatic carbocycles.